The molecule has 0 saturated heterocycles. The number of pyridine rings is 1. The summed E-state index contributed by atoms with van der Waals surface area (Å²) in [6.45, 7) is 1.80. The first kappa shape index (κ1) is 17.1. The fourth-order valence-electron chi connectivity index (χ4n) is 2.16. The third-order valence-electron chi connectivity index (χ3n) is 3.41. The monoisotopic (exact) mass is 373 g/mol. The first-order valence-corrected chi connectivity index (χ1v) is 8.07. The van der Waals surface area contributed by atoms with Crippen LogP contribution < -0.4 is 5.43 Å². The number of rotatable bonds is 4. The zero-order valence-corrected chi connectivity index (χ0v) is 14.7. The number of para-hydroxylation sites is 1. The molecule has 0 bridgehead atoms. The number of carbonyl (C=O) groups excluding carboxylic acids is 1. The molecule has 0 radical (unpaired) electrons. The van der Waals surface area contributed by atoms with Crippen LogP contribution in [0, 0.1) is 6.92 Å². The van der Waals surface area contributed by atoms with Crippen LogP contribution in [-0.4, -0.2) is 26.9 Å². The number of hydrogen-bond acceptors (Lipinski definition) is 4. The van der Waals surface area contributed by atoms with Crippen molar-refractivity contribution in [3.63, 3.8) is 0 Å². The molecule has 0 aliphatic rings. The lowest BCUT2D eigenvalue weighted by Gasteiger charge is -2.04. The van der Waals surface area contributed by atoms with Gasteiger partial charge in [-0.3, -0.25) is 9.78 Å². The third-order valence-corrected chi connectivity index (χ3v) is 4.10. The first-order valence-electron chi connectivity index (χ1n) is 7.31. The van der Waals surface area contributed by atoms with Gasteiger partial charge in [0.05, 0.1) is 33.7 Å². The van der Waals surface area contributed by atoms with Gasteiger partial charge in [0, 0.05) is 12.4 Å². The second-order valence-electron chi connectivity index (χ2n) is 5.09. The highest BCUT2D eigenvalue weighted by atomic mass is 35.5. The van der Waals surface area contributed by atoms with E-state index in [4.69, 9.17) is 23.2 Å². The molecule has 1 N–H and O–H groups in total. The second-order valence-corrected chi connectivity index (χ2v) is 5.86. The van der Waals surface area contributed by atoms with Crippen molar-refractivity contribution >= 4 is 35.3 Å². The van der Waals surface area contributed by atoms with Crippen molar-refractivity contribution in [2.75, 3.05) is 0 Å². The smallest absolute Gasteiger partial charge is 0.267 e. The molecule has 1 aromatic carbocycles. The van der Waals surface area contributed by atoms with Crippen LogP contribution in [0.15, 0.2) is 53.9 Å². The van der Waals surface area contributed by atoms with Gasteiger partial charge in [0.25, 0.3) is 5.91 Å². The van der Waals surface area contributed by atoms with Gasteiger partial charge >= 0.3 is 0 Å². The summed E-state index contributed by atoms with van der Waals surface area (Å²) in [5.74, 6) is -0.364. The first-order chi connectivity index (χ1) is 12.1. The zero-order valence-electron chi connectivity index (χ0n) is 13.1. The average Bonchev–Trinajstić information content (AvgIpc) is 2.91. The summed E-state index contributed by atoms with van der Waals surface area (Å²) in [7, 11) is 0. The van der Waals surface area contributed by atoms with E-state index in [9.17, 15) is 4.79 Å². The van der Waals surface area contributed by atoms with E-state index in [1.807, 2.05) is 18.2 Å². The standard InChI is InChI=1S/C17H13Cl2N5O/c1-11-13(10-21-22-17(25)12-5-4-8-20-9-12)16(19)24(23-11)15-7-3-2-6-14(15)18/h2-10H,1H3,(H,22,25)/b21-10+. The van der Waals surface area contributed by atoms with Gasteiger partial charge in [0.1, 0.15) is 5.15 Å². The number of aromatic nitrogens is 3. The SMILES string of the molecule is Cc1nn(-c2ccccc2Cl)c(Cl)c1/C=N/NC(=O)c1cccnc1. The topological polar surface area (TPSA) is 72.2 Å². The van der Waals surface area contributed by atoms with Gasteiger partial charge in [0.2, 0.25) is 0 Å². The van der Waals surface area contributed by atoms with Gasteiger partial charge in [0.15, 0.2) is 0 Å². The Morgan fingerprint density at radius 1 is 1.24 bits per heavy atom. The highest BCUT2D eigenvalue weighted by Crippen LogP contribution is 2.26. The zero-order chi connectivity index (χ0) is 17.8. The van der Waals surface area contributed by atoms with E-state index in [0.29, 0.717) is 32.7 Å². The lowest BCUT2D eigenvalue weighted by molar-refractivity contribution is 0.0955. The minimum atomic E-state index is -0.364. The minimum Gasteiger partial charge on any atom is -0.267 e. The molecule has 0 fully saturated rings. The number of benzene rings is 1. The Labute approximate surface area is 154 Å². The lowest BCUT2D eigenvalue weighted by atomic mass is 10.3. The Morgan fingerprint density at radius 2 is 2.04 bits per heavy atom. The van der Waals surface area contributed by atoms with Crippen molar-refractivity contribution in [2.24, 2.45) is 5.10 Å². The molecular weight excluding hydrogens is 361 g/mol. The van der Waals surface area contributed by atoms with E-state index in [0.717, 1.165) is 0 Å². The summed E-state index contributed by atoms with van der Waals surface area (Å²) < 4.78 is 1.53. The van der Waals surface area contributed by atoms with E-state index in [-0.39, 0.29) is 5.91 Å². The molecule has 8 heteroatoms. The van der Waals surface area contributed by atoms with Crippen LogP contribution in [0.3, 0.4) is 0 Å². The summed E-state index contributed by atoms with van der Waals surface area (Å²) in [5, 5.41) is 9.21. The van der Waals surface area contributed by atoms with Gasteiger partial charge in [-0.05, 0) is 31.2 Å². The van der Waals surface area contributed by atoms with Crippen molar-refractivity contribution < 1.29 is 4.79 Å². The Bertz CT molecular complexity index is 937. The quantitative estimate of drug-likeness (QED) is 0.560. The van der Waals surface area contributed by atoms with Crippen molar-refractivity contribution in [3.8, 4) is 5.69 Å². The molecule has 6 nitrogen and oxygen atoms in total. The number of nitrogens with one attached hydrogen (secondary N) is 1. The molecule has 0 aliphatic carbocycles. The van der Waals surface area contributed by atoms with E-state index < -0.39 is 0 Å². The molecule has 3 aromatic rings. The Hall–Kier alpha value is -2.70. The largest absolute Gasteiger partial charge is 0.272 e. The van der Waals surface area contributed by atoms with E-state index in [2.05, 4.69) is 20.6 Å². The molecule has 2 aromatic heterocycles. The Kier molecular flexibility index (Phi) is 5.11. The fraction of sp³-hybridized carbons (Fsp3) is 0.0588. The maximum absolute atomic E-state index is 11.9. The minimum absolute atomic E-state index is 0.352. The molecule has 3 rings (SSSR count). The predicted molar refractivity (Wildman–Crippen MR) is 97.6 cm³/mol. The van der Waals surface area contributed by atoms with E-state index in [1.165, 1.54) is 17.1 Å². The van der Waals surface area contributed by atoms with Crippen LogP contribution >= 0.6 is 23.2 Å². The van der Waals surface area contributed by atoms with Crippen LogP contribution in [-0.2, 0) is 0 Å². The number of halogens is 2. The third kappa shape index (κ3) is 3.70. The summed E-state index contributed by atoms with van der Waals surface area (Å²) in [4.78, 5) is 15.8. The lowest BCUT2D eigenvalue weighted by Crippen LogP contribution is -2.17. The van der Waals surface area contributed by atoms with Crippen molar-refractivity contribution in [1.29, 1.82) is 0 Å². The number of amides is 1. The average molecular weight is 374 g/mol. The van der Waals surface area contributed by atoms with Crippen LogP contribution in [0.25, 0.3) is 5.69 Å². The second kappa shape index (κ2) is 7.46. The van der Waals surface area contributed by atoms with Gasteiger partial charge in [-0.15, -0.1) is 0 Å². The van der Waals surface area contributed by atoms with Crippen LogP contribution in [0.4, 0.5) is 0 Å². The molecule has 0 spiro atoms. The highest BCUT2D eigenvalue weighted by Gasteiger charge is 2.15. The number of aryl methyl sites for hydroxylation is 1. The van der Waals surface area contributed by atoms with Gasteiger partial charge < -0.3 is 0 Å². The Balaban J connectivity index is 1.82. The van der Waals surface area contributed by atoms with Gasteiger partial charge in [-0.2, -0.15) is 10.2 Å². The number of nitrogens with zero attached hydrogens (tertiary/aromatic N) is 4. The van der Waals surface area contributed by atoms with Crippen LogP contribution in [0.1, 0.15) is 21.6 Å². The predicted octanol–water partition coefficient (Wildman–Crippen LogP) is 3.65. The summed E-state index contributed by atoms with van der Waals surface area (Å²) in [6.07, 6.45) is 4.50. The molecule has 0 saturated carbocycles. The molecule has 0 unspecified atom stereocenters. The van der Waals surface area contributed by atoms with Crippen molar-refractivity contribution in [1.82, 2.24) is 20.2 Å². The molecular formula is C17H13Cl2N5O. The maximum atomic E-state index is 11.9. The molecule has 0 aliphatic heterocycles. The highest BCUT2D eigenvalue weighted by molar-refractivity contribution is 6.34. The molecule has 1 amide bonds. The van der Waals surface area contributed by atoms with E-state index in [1.54, 1.807) is 31.3 Å². The normalized spacial score (nSPS) is 11.0. The summed E-state index contributed by atoms with van der Waals surface area (Å²) >= 11 is 12.6. The fourth-order valence-corrected chi connectivity index (χ4v) is 2.69. The Morgan fingerprint density at radius 3 is 2.76 bits per heavy atom. The molecule has 0 atom stereocenters. The number of hydrazone groups is 1. The van der Waals surface area contributed by atoms with Gasteiger partial charge in [-0.25, -0.2) is 10.1 Å². The van der Waals surface area contributed by atoms with Crippen molar-refractivity contribution in [3.05, 3.63) is 75.8 Å². The van der Waals surface area contributed by atoms with Crippen LogP contribution in [0.5, 0.6) is 0 Å². The molecule has 2 heterocycles. The maximum Gasteiger partial charge on any atom is 0.272 e. The number of carbonyl (C=O) groups is 1. The summed E-state index contributed by atoms with van der Waals surface area (Å²) in [6, 6.07) is 10.6. The van der Waals surface area contributed by atoms with Crippen molar-refractivity contribution in [2.45, 2.75) is 6.92 Å². The molecule has 25 heavy (non-hydrogen) atoms. The molecule has 126 valence electrons. The number of hydrogen-bond donors (Lipinski definition) is 1. The van der Waals surface area contributed by atoms with Crippen LogP contribution in [0.2, 0.25) is 10.2 Å². The van der Waals surface area contributed by atoms with Gasteiger partial charge in [-0.1, -0.05) is 35.3 Å². The summed E-state index contributed by atoms with van der Waals surface area (Å²) in [5.41, 5.74) is 4.75. The van der Waals surface area contributed by atoms with E-state index >= 15 is 0 Å².